The van der Waals surface area contributed by atoms with Gasteiger partial charge in [0, 0.05) is 18.2 Å². The van der Waals surface area contributed by atoms with Crippen molar-refractivity contribution >= 4 is 10.0 Å². The second-order valence-electron chi connectivity index (χ2n) is 5.89. The van der Waals surface area contributed by atoms with E-state index in [1.165, 1.54) is 28.6 Å². The standard InChI is InChI=1S/C19H20F2N2O2S/c1-3-17(4-2)23(13-15-6-5-14(12-22)11-19(15)21)26(24,25)18-9-7-16(20)8-10-18/h5-11,17H,3-4,13H2,1-2H3. The van der Waals surface area contributed by atoms with Crippen LogP contribution in [0, 0.1) is 23.0 Å². The van der Waals surface area contributed by atoms with Gasteiger partial charge in [-0.3, -0.25) is 0 Å². The van der Waals surface area contributed by atoms with Crippen LogP contribution in [0.1, 0.15) is 37.8 Å². The Morgan fingerprint density at radius 3 is 2.19 bits per heavy atom. The summed E-state index contributed by atoms with van der Waals surface area (Å²) in [6.45, 7) is 3.55. The summed E-state index contributed by atoms with van der Waals surface area (Å²) >= 11 is 0. The molecule has 0 aromatic heterocycles. The van der Waals surface area contributed by atoms with E-state index in [1.54, 1.807) is 0 Å². The number of sulfonamides is 1. The Kier molecular flexibility index (Phi) is 6.46. The summed E-state index contributed by atoms with van der Waals surface area (Å²) in [5.74, 6) is -1.16. The zero-order valence-corrected chi connectivity index (χ0v) is 15.4. The van der Waals surface area contributed by atoms with Gasteiger partial charge in [-0.2, -0.15) is 9.57 Å². The number of benzene rings is 2. The molecule has 0 saturated carbocycles. The van der Waals surface area contributed by atoms with Crippen LogP contribution < -0.4 is 0 Å². The van der Waals surface area contributed by atoms with E-state index in [1.807, 2.05) is 19.9 Å². The van der Waals surface area contributed by atoms with Gasteiger partial charge >= 0.3 is 0 Å². The Balaban J connectivity index is 2.47. The third kappa shape index (κ3) is 4.26. The average Bonchev–Trinajstić information content (AvgIpc) is 2.63. The average molecular weight is 378 g/mol. The lowest BCUT2D eigenvalue weighted by molar-refractivity contribution is 0.294. The first-order valence-corrected chi connectivity index (χ1v) is 9.73. The van der Waals surface area contributed by atoms with E-state index < -0.39 is 21.7 Å². The van der Waals surface area contributed by atoms with Crippen LogP contribution in [0.2, 0.25) is 0 Å². The third-order valence-corrected chi connectivity index (χ3v) is 6.19. The highest BCUT2D eigenvalue weighted by atomic mass is 32.2. The van der Waals surface area contributed by atoms with E-state index in [0.29, 0.717) is 12.8 Å². The van der Waals surface area contributed by atoms with Crippen LogP contribution in [0.3, 0.4) is 0 Å². The lowest BCUT2D eigenvalue weighted by atomic mass is 10.1. The molecule has 0 amide bonds. The molecule has 26 heavy (non-hydrogen) atoms. The van der Waals surface area contributed by atoms with Gasteiger partial charge in [0.05, 0.1) is 16.5 Å². The summed E-state index contributed by atoms with van der Waals surface area (Å²) in [6, 6.07) is 10.0. The fourth-order valence-corrected chi connectivity index (χ4v) is 4.51. The van der Waals surface area contributed by atoms with Crippen molar-refractivity contribution < 1.29 is 17.2 Å². The smallest absolute Gasteiger partial charge is 0.207 e. The van der Waals surface area contributed by atoms with E-state index in [4.69, 9.17) is 5.26 Å². The number of rotatable bonds is 7. The van der Waals surface area contributed by atoms with E-state index in [-0.39, 0.29) is 28.6 Å². The van der Waals surface area contributed by atoms with E-state index in [2.05, 4.69) is 0 Å². The van der Waals surface area contributed by atoms with E-state index in [9.17, 15) is 17.2 Å². The highest BCUT2D eigenvalue weighted by Gasteiger charge is 2.30. The number of hydrogen-bond donors (Lipinski definition) is 0. The van der Waals surface area contributed by atoms with Crippen molar-refractivity contribution in [1.29, 1.82) is 5.26 Å². The molecule has 0 aliphatic heterocycles. The van der Waals surface area contributed by atoms with Crippen LogP contribution in [0.25, 0.3) is 0 Å². The van der Waals surface area contributed by atoms with Crippen molar-refractivity contribution in [2.45, 2.75) is 44.2 Å². The van der Waals surface area contributed by atoms with E-state index in [0.717, 1.165) is 18.2 Å². The number of nitrogens with zero attached hydrogens (tertiary/aromatic N) is 2. The predicted octanol–water partition coefficient (Wildman–Crippen LogP) is 4.22. The fourth-order valence-electron chi connectivity index (χ4n) is 2.76. The summed E-state index contributed by atoms with van der Waals surface area (Å²) in [7, 11) is -3.94. The molecule has 0 aliphatic rings. The number of hydrogen-bond acceptors (Lipinski definition) is 3. The Hall–Kier alpha value is -2.30. The fraction of sp³-hybridized carbons (Fsp3) is 0.316. The van der Waals surface area contributed by atoms with Gasteiger partial charge in [0.25, 0.3) is 0 Å². The summed E-state index contributed by atoms with van der Waals surface area (Å²) < 4.78 is 54.8. The monoisotopic (exact) mass is 378 g/mol. The molecule has 0 N–H and O–H groups in total. The molecule has 0 spiro atoms. The van der Waals surface area contributed by atoms with Crippen LogP contribution in [0.15, 0.2) is 47.4 Å². The highest BCUT2D eigenvalue weighted by molar-refractivity contribution is 7.89. The van der Waals surface area contributed by atoms with Gasteiger partial charge in [-0.1, -0.05) is 19.9 Å². The van der Waals surface area contributed by atoms with Crippen LogP contribution in [0.5, 0.6) is 0 Å². The number of halogens is 2. The molecule has 7 heteroatoms. The van der Waals surface area contributed by atoms with Crippen molar-refractivity contribution in [3.05, 3.63) is 65.2 Å². The van der Waals surface area contributed by atoms with Crippen molar-refractivity contribution in [2.75, 3.05) is 0 Å². The van der Waals surface area contributed by atoms with Crippen molar-refractivity contribution in [3.8, 4) is 6.07 Å². The molecule has 138 valence electrons. The highest BCUT2D eigenvalue weighted by Crippen LogP contribution is 2.25. The molecular weight excluding hydrogens is 358 g/mol. The summed E-state index contributed by atoms with van der Waals surface area (Å²) in [5, 5.41) is 8.85. The topological polar surface area (TPSA) is 61.2 Å². The lowest BCUT2D eigenvalue weighted by Crippen LogP contribution is -2.39. The Bertz CT molecular complexity index is 902. The van der Waals surface area contributed by atoms with Gasteiger partial charge in [-0.15, -0.1) is 0 Å². The van der Waals surface area contributed by atoms with Gasteiger partial charge in [0.15, 0.2) is 0 Å². The van der Waals surface area contributed by atoms with Crippen molar-refractivity contribution in [2.24, 2.45) is 0 Å². The molecule has 0 atom stereocenters. The minimum Gasteiger partial charge on any atom is -0.207 e. The molecule has 0 aliphatic carbocycles. The Morgan fingerprint density at radius 1 is 1.08 bits per heavy atom. The molecule has 0 heterocycles. The van der Waals surface area contributed by atoms with Gasteiger partial charge in [0.1, 0.15) is 11.6 Å². The third-order valence-electron chi connectivity index (χ3n) is 4.28. The second kappa shape index (κ2) is 8.39. The normalized spacial score (nSPS) is 11.7. The maximum Gasteiger partial charge on any atom is 0.243 e. The zero-order valence-electron chi connectivity index (χ0n) is 14.6. The first-order valence-electron chi connectivity index (χ1n) is 8.29. The summed E-state index contributed by atoms with van der Waals surface area (Å²) in [5.41, 5.74) is 0.350. The van der Waals surface area contributed by atoms with Crippen LogP contribution >= 0.6 is 0 Å². The van der Waals surface area contributed by atoms with Gasteiger partial charge in [0.2, 0.25) is 10.0 Å². The van der Waals surface area contributed by atoms with Gasteiger partial charge < -0.3 is 0 Å². The molecule has 0 fully saturated rings. The first kappa shape index (κ1) is 20.0. The Labute approximate surface area is 152 Å². The minimum atomic E-state index is -3.94. The minimum absolute atomic E-state index is 0.0418. The zero-order chi connectivity index (χ0) is 19.3. The van der Waals surface area contributed by atoms with Crippen molar-refractivity contribution in [3.63, 3.8) is 0 Å². The molecule has 4 nitrogen and oxygen atoms in total. The molecule has 0 saturated heterocycles. The molecule has 0 unspecified atom stereocenters. The largest absolute Gasteiger partial charge is 0.243 e. The summed E-state index contributed by atoms with van der Waals surface area (Å²) in [6.07, 6.45) is 1.10. The maximum absolute atomic E-state index is 14.3. The van der Waals surface area contributed by atoms with Crippen LogP contribution in [-0.4, -0.2) is 18.8 Å². The molecule has 0 bridgehead atoms. The quantitative estimate of drug-likeness (QED) is 0.725. The summed E-state index contributed by atoms with van der Waals surface area (Å²) in [4.78, 5) is -0.0418. The predicted molar refractivity (Wildman–Crippen MR) is 94.6 cm³/mol. The van der Waals surface area contributed by atoms with E-state index >= 15 is 0 Å². The SMILES string of the molecule is CCC(CC)N(Cc1ccc(C#N)cc1F)S(=O)(=O)c1ccc(F)cc1. The molecule has 2 aromatic carbocycles. The molecular formula is C19H20F2N2O2S. The van der Waals surface area contributed by atoms with Crippen LogP contribution in [-0.2, 0) is 16.6 Å². The Morgan fingerprint density at radius 2 is 1.69 bits per heavy atom. The number of nitriles is 1. The molecule has 2 aromatic rings. The van der Waals surface area contributed by atoms with Gasteiger partial charge in [-0.05, 0) is 49.2 Å². The maximum atomic E-state index is 14.3. The lowest BCUT2D eigenvalue weighted by Gasteiger charge is -2.30. The molecule has 0 radical (unpaired) electrons. The first-order chi connectivity index (χ1) is 12.3. The van der Waals surface area contributed by atoms with Crippen molar-refractivity contribution in [1.82, 2.24) is 4.31 Å². The van der Waals surface area contributed by atoms with Crippen LogP contribution in [0.4, 0.5) is 8.78 Å². The molecule has 2 rings (SSSR count). The second-order valence-corrected chi connectivity index (χ2v) is 7.78. The van der Waals surface area contributed by atoms with Gasteiger partial charge in [-0.25, -0.2) is 17.2 Å².